The highest BCUT2D eigenvalue weighted by atomic mass is 19.3. The fraction of sp³-hybridized carbons (Fsp3) is 0.558. The van der Waals surface area contributed by atoms with Crippen molar-refractivity contribution >= 4 is 47.5 Å². The molecule has 19 atom stereocenters. The second kappa shape index (κ2) is 33.2. The van der Waals surface area contributed by atoms with Crippen LogP contribution in [0.25, 0.3) is 0 Å². The van der Waals surface area contributed by atoms with Crippen molar-refractivity contribution in [3.63, 3.8) is 0 Å². The summed E-state index contributed by atoms with van der Waals surface area (Å²) >= 11 is 0. The Bertz CT molecular complexity index is 5830. The molecule has 0 bridgehead atoms. The maximum Gasteiger partial charge on any atom is 0.262 e. The molecule has 6 saturated carbocycles. The predicted octanol–water partition coefficient (Wildman–Crippen LogP) is 16.6. The number of halogens is 4. The Kier molecular flexibility index (Phi) is 23.4. The van der Waals surface area contributed by atoms with Crippen molar-refractivity contribution in [1.82, 2.24) is 29.6 Å². The molecule has 0 saturated heterocycles. The summed E-state index contributed by atoms with van der Waals surface area (Å²) in [7, 11) is 0. The molecule has 14 aliphatic rings. The topological polar surface area (TPSA) is 356 Å². The molecule has 10 aliphatic carbocycles. The number of benzene rings is 4. The Hall–Kier alpha value is -11.4. The number of hydrogen-bond donors (Lipinski definition) is 4. The third-order valence-corrected chi connectivity index (χ3v) is 34.5. The van der Waals surface area contributed by atoms with E-state index in [9.17, 15) is 57.8 Å². The first-order chi connectivity index (χ1) is 61.1. The van der Waals surface area contributed by atoms with E-state index in [1.54, 1.807) is 52.7 Å². The van der Waals surface area contributed by atoms with E-state index in [-0.39, 0.29) is 110 Å². The average molecular weight is 1770 g/mol. The summed E-state index contributed by atoms with van der Waals surface area (Å²) in [5.74, 6) is -0.112. The summed E-state index contributed by atoms with van der Waals surface area (Å²) in [5.41, 5.74) is 32.4. The third-order valence-electron chi connectivity index (χ3n) is 34.5. The standard InChI is InChI=1S/2C27H31N5O.C25H30F2N4O.C24H28F2N4O.CH4/c1-16-11-26(12-17(2)19(16)4)13-22-6-5-20(14-28)10-23(22)27(26)24(33)32(25(29)31-27)15-21-7-8-30-18(3)9-21;1-17-13-26(14-18(2)19(17)3)15-22-5-4-21(16-28)12-23(22)27(26)24(33)32(25(29)31-27)11-8-20-6-9-30-10-7-20;1-14-7-23(8-15(2)16(14)3)11-19-5-4-17(12-28)6-20(19)25(23)21(32)31(22(29)30-25)13-18-9-24(26,27)10-18;1-14-5-6-22(8-15(14)2)11-18-4-3-16(12-27)7-19(18)24(22)20(31)30(21(28)29-24)13-17-9-23(25,26)10-17;/h5-10,16-17,19H,11-13,15H2,1-4H3,(H2,29,31);4-7,9-10,12,17-19H,8,11,13-15H2,1-3H3,(H2,29,31);4-6,14-16,18H,7-11,13H2,1-3H3,(H2,29,30);3-4,7,14-15,17H,5-6,8-11,13H2,1-2H3,(H2,28,29);1H4/t16-,17+,19?,26?,27-;17-,18+,19?,26?,27-;14-,15+,16?,23?,25-;14-,15-,22-,24+;/m1110./s1. The zero-order valence-electron chi connectivity index (χ0n) is 76.2. The van der Waals surface area contributed by atoms with E-state index in [2.05, 4.69) is 110 Å². The number of nitrogens with two attached hydrogens (primary N) is 4. The van der Waals surface area contributed by atoms with Crippen molar-refractivity contribution in [2.24, 2.45) is 141 Å². The molecule has 6 fully saturated rings. The minimum Gasteiger partial charge on any atom is -0.369 e. The zero-order valence-corrected chi connectivity index (χ0v) is 76.2. The van der Waals surface area contributed by atoms with Crippen LogP contribution in [-0.4, -0.2) is 109 Å². The number of nitriles is 4. The maximum absolute atomic E-state index is 14.4. The van der Waals surface area contributed by atoms with Crippen LogP contribution in [0.4, 0.5) is 17.6 Å². The van der Waals surface area contributed by atoms with Crippen LogP contribution in [0.5, 0.6) is 0 Å². The Morgan fingerprint density at radius 1 is 0.385 bits per heavy atom. The second-order valence-corrected chi connectivity index (χ2v) is 42.2. The monoisotopic (exact) mass is 1760 g/mol. The molecule has 8 N–H and O–H groups in total. The van der Waals surface area contributed by atoms with E-state index in [1.165, 1.54) is 9.80 Å². The molecule has 4 aromatic carbocycles. The number of aliphatic imine (C=N–C) groups is 4. The molecule has 6 heterocycles. The van der Waals surface area contributed by atoms with E-state index in [4.69, 9.17) is 42.9 Å². The largest absolute Gasteiger partial charge is 0.369 e. The summed E-state index contributed by atoms with van der Waals surface area (Å²) in [6, 6.07) is 39.3. The summed E-state index contributed by atoms with van der Waals surface area (Å²) < 4.78 is 53.7. The molecule has 20 rings (SSSR count). The number of alkyl halides is 4. The molecule has 8 spiro atoms. The van der Waals surface area contributed by atoms with Crippen molar-refractivity contribution < 1.29 is 36.7 Å². The first-order valence-corrected chi connectivity index (χ1v) is 46.5. The van der Waals surface area contributed by atoms with Crippen LogP contribution >= 0.6 is 0 Å². The van der Waals surface area contributed by atoms with Crippen LogP contribution in [0.2, 0.25) is 0 Å². The molecule has 26 heteroatoms. The van der Waals surface area contributed by atoms with E-state index >= 15 is 0 Å². The third kappa shape index (κ3) is 14.4. The second-order valence-electron chi connectivity index (χ2n) is 42.2. The van der Waals surface area contributed by atoms with Crippen molar-refractivity contribution in [3.05, 3.63) is 199 Å². The van der Waals surface area contributed by atoms with Gasteiger partial charge in [0.05, 0.1) is 53.1 Å². The SMILES string of the molecule is C.CC1[C@H](C)CC2(Cc3ccc(C#N)cc3[C@]23N=C(N)N(CC2CC(F)(F)C2)C3=O)C[C@@H]1C.CC1[C@H](C)CC2(Cc3ccc(C#N)cc3[C@]23N=C(N)N(CCc2ccncc2)C3=O)C[C@@H]1C.C[C@H]1CC[C@@]2(Cc3ccc(C#N)cc3[C@]23N=C(N)N(CC2CC(F)(F)C2)C3=O)C[C@@H]1C.Cc1cc(CN2C(=O)[C@]3(N=C2N)c2cc(C#N)ccc2CC32C[C@@H](C)C(C)[C@@H](C)C2)ccn1. The normalized spacial score (nSPS) is 34.7. The molecule has 4 amide bonds. The van der Waals surface area contributed by atoms with Crippen molar-refractivity contribution in [1.29, 1.82) is 21.0 Å². The molecule has 6 unspecified atom stereocenters. The smallest absolute Gasteiger partial charge is 0.262 e. The van der Waals surface area contributed by atoms with Crippen LogP contribution in [-0.2, 0) is 80.0 Å². The fourth-order valence-corrected chi connectivity index (χ4v) is 27.1. The van der Waals surface area contributed by atoms with Gasteiger partial charge in [0, 0.05) is 91.3 Å². The summed E-state index contributed by atoms with van der Waals surface area (Å²) in [4.78, 5) is 91.3. The van der Waals surface area contributed by atoms with Crippen LogP contribution in [0, 0.1) is 151 Å². The van der Waals surface area contributed by atoms with Crippen LogP contribution in [0.1, 0.15) is 251 Å². The average Bonchev–Trinajstić information content (AvgIpc) is 1.53. The van der Waals surface area contributed by atoms with Gasteiger partial charge < -0.3 is 22.9 Å². The van der Waals surface area contributed by atoms with Crippen LogP contribution in [0.3, 0.4) is 0 Å². The van der Waals surface area contributed by atoms with Gasteiger partial charge in [0.25, 0.3) is 23.6 Å². The van der Waals surface area contributed by atoms with Gasteiger partial charge in [0.1, 0.15) is 0 Å². The summed E-state index contributed by atoms with van der Waals surface area (Å²) in [6.07, 6.45) is 16.2. The van der Waals surface area contributed by atoms with Crippen molar-refractivity contribution in [3.8, 4) is 24.3 Å². The van der Waals surface area contributed by atoms with Gasteiger partial charge >= 0.3 is 0 Å². The molecule has 682 valence electrons. The summed E-state index contributed by atoms with van der Waals surface area (Å²) in [5, 5.41) is 38.2. The Labute approximate surface area is 762 Å². The first-order valence-electron chi connectivity index (χ1n) is 46.5. The lowest BCUT2D eigenvalue weighted by atomic mass is 9.55. The Morgan fingerprint density at radius 2 is 0.692 bits per heavy atom. The molecular formula is C104H124F4N18O4. The van der Waals surface area contributed by atoms with E-state index in [1.807, 2.05) is 79.7 Å². The molecule has 130 heavy (non-hydrogen) atoms. The van der Waals surface area contributed by atoms with Crippen LogP contribution in [0.15, 0.2) is 136 Å². The number of guanidine groups is 4. The molecule has 0 radical (unpaired) electrons. The van der Waals surface area contributed by atoms with Gasteiger partial charge in [0.15, 0.2) is 46.0 Å². The number of hydrogen-bond acceptors (Lipinski definition) is 18. The number of carbonyl (C=O) groups is 4. The highest BCUT2D eigenvalue weighted by molar-refractivity contribution is 6.11. The lowest BCUT2D eigenvalue weighted by Gasteiger charge is -2.50. The number of rotatable bonds is 9. The highest BCUT2D eigenvalue weighted by Crippen LogP contribution is 2.70. The lowest BCUT2D eigenvalue weighted by molar-refractivity contribution is -0.144. The Morgan fingerprint density at radius 3 is 1.03 bits per heavy atom. The van der Waals surface area contributed by atoms with Crippen molar-refractivity contribution in [2.45, 2.75) is 247 Å². The number of aryl methyl sites for hydroxylation is 1. The predicted molar refractivity (Wildman–Crippen MR) is 489 cm³/mol. The molecular weight excluding hydrogens is 1640 g/mol. The minimum absolute atomic E-state index is 0. The van der Waals surface area contributed by atoms with E-state index in [0.29, 0.717) is 119 Å². The number of fused-ring (bicyclic) bond motifs is 12. The van der Waals surface area contributed by atoms with Gasteiger partial charge in [0.2, 0.25) is 11.8 Å². The van der Waals surface area contributed by atoms with Gasteiger partial charge in [-0.3, -0.25) is 48.7 Å². The van der Waals surface area contributed by atoms with Crippen LogP contribution < -0.4 is 22.9 Å². The number of amides is 4. The maximum atomic E-state index is 14.4. The van der Waals surface area contributed by atoms with Gasteiger partial charge in [-0.1, -0.05) is 108 Å². The van der Waals surface area contributed by atoms with Gasteiger partial charge in [-0.25, -0.2) is 37.5 Å². The summed E-state index contributed by atoms with van der Waals surface area (Å²) in [6.45, 7) is 28.2. The van der Waals surface area contributed by atoms with Gasteiger partial charge in [-0.2, -0.15) is 21.0 Å². The van der Waals surface area contributed by atoms with E-state index in [0.717, 1.165) is 138 Å². The zero-order chi connectivity index (χ0) is 92.2. The van der Waals surface area contributed by atoms with Gasteiger partial charge in [-0.05, 0) is 302 Å². The number of nitrogens with zero attached hydrogens (tertiary/aromatic N) is 14. The highest BCUT2D eigenvalue weighted by Gasteiger charge is 2.73. The van der Waals surface area contributed by atoms with Crippen molar-refractivity contribution in [2.75, 3.05) is 19.6 Å². The molecule has 6 aromatic rings. The Balaban J connectivity index is 0.000000127. The lowest BCUT2D eigenvalue weighted by Crippen LogP contribution is -2.55. The number of pyridine rings is 2. The molecule has 4 aliphatic heterocycles. The minimum atomic E-state index is -2.65. The number of carbonyl (C=O) groups excluding carboxylic acids is 4. The first kappa shape index (κ1) is 91.9. The number of aromatic nitrogens is 2. The fourth-order valence-electron chi connectivity index (χ4n) is 27.1. The van der Waals surface area contributed by atoms with Gasteiger partial charge in [-0.15, -0.1) is 0 Å². The van der Waals surface area contributed by atoms with E-state index < -0.39 is 44.8 Å². The molecule has 22 nitrogen and oxygen atoms in total. The quantitative estimate of drug-likeness (QED) is 0.0978. The molecule has 2 aromatic heterocycles.